The van der Waals surface area contributed by atoms with Crippen LogP contribution in [0.3, 0.4) is 0 Å². The first-order valence-corrected chi connectivity index (χ1v) is 6.30. The lowest BCUT2D eigenvalue weighted by atomic mass is 10.0. The number of benzene rings is 2. The number of halogens is 1. The summed E-state index contributed by atoms with van der Waals surface area (Å²) < 4.78 is 0. The Hall–Kier alpha value is -2.00. The van der Waals surface area contributed by atoms with Crippen molar-refractivity contribution in [1.82, 2.24) is 0 Å². The first kappa shape index (κ1) is 13.4. The predicted octanol–water partition coefficient (Wildman–Crippen LogP) is 3.41. The van der Waals surface area contributed by atoms with Gasteiger partial charge in [0.1, 0.15) is 0 Å². The van der Waals surface area contributed by atoms with Crippen molar-refractivity contribution in [1.29, 1.82) is 0 Å². The Labute approximate surface area is 116 Å². The Morgan fingerprint density at radius 1 is 1.05 bits per heavy atom. The molecule has 4 heteroatoms. The predicted molar refractivity (Wildman–Crippen MR) is 76.7 cm³/mol. The summed E-state index contributed by atoms with van der Waals surface area (Å²) in [6.45, 7) is 0. The van der Waals surface area contributed by atoms with Crippen LogP contribution in [0.4, 0.5) is 5.69 Å². The quantitative estimate of drug-likeness (QED) is 0.841. The molecular formula is C15H14ClNO2. The van der Waals surface area contributed by atoms with Gasteiger partial charge in [0.2, 0.25) is 0 Å². The highest BCUT2D eigenvalue weighted by Gasteiger charge is 2.07. The number of nitrogen functional groups attached to an aromatic ring is 1. The molecule has 0 amide bonds. The minimum absolute atomic E-state index is 0.148. The summed E-state index contributed by atoms with van der Waals surface area (Å²) in [5.74, 6) is -0.998. The van der Waals surface area contributed by atoms with E-state index in [-0.39, 0.29) is 5.56 Å². The second-order valence-electron chi connectivity index (χ2n) is 4.35. The van der Waals surface area contributed by atoms with Gasteiger partial charge in [-0.3, -0.25) is 0 Å². The molecule has 2 rings (SSSR count). The summed E-state index contributed by atoms with van der Waals surface area (Å²) in [6, 6.07) is 12.8. The van der Waals surface area contributed by atoms with E-state index >= 15 is 0 Å². The van der Waals surface area contributed by atoms with Gasteiger partial charge in [-0.05, 0) is 48.2 Å². The van der Waals surface area contributed by atoms with E-state index in [9.17, 15) is 4.79 Å². The third kappa shape index (κ3) is 3.48. The van der Waals surface area contributed by atoms with E-state index in [0.29, 0.717) is 5.69 Å². The Bertz CT molecular complexity index is 594. The van der Waals surface area contributed by atoms with E-state index in [0.717, 1.165) is 23.4 Å². The molecule has 0 fully saturated rings. The molecule has 0 saturated carbocycles. The Morgan fingerprint density at radius 3 is 2.21 bits per heavy atom. The van der Waals surface area contributed by atoms with Crippen molar-refractivity contribution < 1.29 is 9.90 Å². The number of nitrogens with two attached hydrogens (primary N) is 1. The second kappa shape index (κ2) is 5.76. The maximum absolute atomic E-state index is 10.9. The molecule has 0 bridgehead atoms. The summed E-state index contributed by atoms with van der Waals surface area (Å²) in [5.41, 5.74) is 8.38. The summed E-state index contributed by atoms with van der Waals surface area (Å²) in [5, 5.41) is 9.62. The molecule has 0 spiro atoms. The number of carboxylic acid groups (broad SMARTS) is 1. The van der Waals surface area contributed by atoms with Crippen LogP contribution >= 0.6 is 11.6 Å². The van der Waals surface area contributed by atoms with Crippen LogP contribution in [0.15, 0.2) is 42.5 Å². The highest BCUT2D eigenvalue weighted by atomic mass is 35.5. The van der Waals surface area contributed by atoms with Crippen molar-refractivity contribution in [3.05, 3.63) is 64.2 Å². The molecule has 3 N–H and O–H groups in total. The zero-order valence-corrected chi connectivity index (χ0v) is 11.0. The molecule has 0 unspecified atom stereocenters. The molecule has 0 saturated heterocycles. The van der Waals surface area contributed by atoms with Crippen molar-refractivity contribution >= 4 is 23.3 Å². The van der Waals surface area contributed by atoms with E-state index in [2.05, 4.69) is 0 Å². The van der Waals surface area contributed by atoms with E-state index in [1.807, 2.05) is 24.3 Å². The van der Waals surface area contributed by atoms with Gasteiger partial charge in [-0.15, -0.1) is 0 Å². The minimum atomic E-state index is -0.998. The molecule has 98 valence electrons. The molecule has 0 aromatic heterocycles. The van der Waals surface area contributed by atoms with Crippen LogP contribution in [-0.2, 0) is 12.8 Å². The topological polar surface area (TPSA) is 63.3 Å². The van der Waals surface area contributed by atoms with Crippen LogP contribution in [-0.4, -0.2) is 11.1 Å². The number of carboxylic acids is 1. The number of hydrogen-bond acceptors (Lipinski definition) is 2. The van der Waals surface area contributed by atoms with E-state index in [1.165, 1.54) is 5.56 Å². The molecule has 19 heavy (non-hydrogen) atoms. The van der Waals surface area contributed by atoms with E-state index in [1.54, 1.807) is 18.2 Å². The summed E-state index contributed by atoms with van der Waals surface area (Å²) >= 11 is 5.82. The molecular weight excluding hydrogens is 262 g/mol. The van der Waals surface area contributed by atoms with Crippen molar-refractivity contribution in [2.45, 2.75) is 12.8 Å². The Morgan fingerprint density at radius 2 is 1.63 bits per heavy atom. The molecule has 0 aliphatic heterocycles. The Balaban J connectivity index is 2.06. The largest absolute Gasteiger partial charge is 0.478 e. The molecule has 0 heterocycles. The molecule has 0 radical (unpaired) electrons. The average Bonchev–Trinajstić information content (AvgIpc) is 2.37. The lowest BCUT2D eigenvalue weighted by Gasteiger charge is -2.06. The monoisotopic (exact) mass is 275 g/mol. The number of anilines is 1. The van der Waals surface area contributed by atoms with E-state index in [4.69, 9.17) is 22.4 Å². The fourth-order valence-corrected chi connectivity index (χ4v) is 2.03. The van der Waals surface area contributed by atoms with Crippen molar-refractivity contribution in [2.24, 2.45) is 0 Å². The van der Waals surface area contributed by atoms with Crippen LogP contribution in [0, 0.1) is 0 Å². The Kier molecular flexibility index (Phi) is 4.07. The zero-order valence-electron chi connectivity index (χ0n) is 10.3. The first-order valence-electron chi connectivity index (χ1n) is 5.92. The van der Waals surface area contributed by atoms with Crippen LogP contribution in [0.25, 0.3) is 0 Å². The number of carbonyl (C=O) groups is 1. The molecule has 2 aromatic rings. The highest BCUT2D eigenvalue weighted by Crippen LogP contribution is 2.17. The van der Waals surface area contributed by atoms with Crippen molar-refractivity contribution in [3.8, 4) is 0 Å². The van der Waals surface area contributed by atoms with Gasteiger partial charge in [0, 0.05) is 10.7 Å². The summed E-state index contributed by atoms with van der Waals surface area (Å²) in [6.07, 6.45) is 1.68. The van der Waals surface area contributed by atoms with Crippen molar-refractivity contribution in [2.75, 3.05) is 5.73 Å². The van der Waals surface area contributed by atoms with Gasteiger partial charge in [-0.2, -0.15) is 0 Å². The van der Waals surface area contributed by atoms with E-state index < -0.39 is 5.97 Å². The number of aromatic carboxylic acids is 1. The maximum atomic E-state index is 10.9. The smallest absolute Gasteiger partial charge is 0.337 e. The molecule has 0 atom stereocenters. The van der Waals surface area contributed by atoms with Crippen LogP contribution in [0.1, 0.15) is 21.5 Å². The van der Waals surface area contributed by atoms with Gasteiger partial charge in [0.05, 0.1) is 5.56 Å². The molecule has 3 nitrogen and oxygen atoms in total. The number of aryl methyl sites for hydroxylation is 2. The number of rotatable bonds is 4. The third-order valence-corrected chi connectivity index (χ3v) is 3.21. The van der Waals surface area contributed by atoms with Gasteiger partial charge in [0.15, 0.2) is 0 Å². The number of hydrogen-bond donors (Lipinski definition) is 2. The van der Waals surface area contributed by atoms with Crippen molar-refractivity contribution in [3.63, 3.8) is 0 Å². The SMILES string of the molecule is Nc1cc(CCc2ccc(Cl)cc2)ccc1C(=O)O. The van der Waals surface area contributed by atoms with Crippen LogP contribution in [0.5, 0.6) is 0 Å². The molecule has 0 aliphatic rings. The van der Waals surface area contributed by atoms with Gasteiger partial charge >= 0.3 is 5.97 Å². The fraction of sp³-hybridized carbons (Fsp3) is 0.133. The zero-order chi connectivity index (χ0) is 13.8. The average molecular weight is 276 g/mol. The second-order valence-corrected chi connectivity index (χ2v) is 4.79. The third-order valence-electron chi connectivity index (χ3n) is 2.96. The lowest BCUT2D eigenvalue weighted by molar-refractivity contribution is 0.0698. The summed E-state index contributed by atoms with van der Waals surface area (Å²) in [4.78, 5) is 10.9. The van der Waals surface area contributed by atoms with Crippen LogP contribution in [0.2, 0.25) is 5.02 Å². The first-order chi connectivity index (χ1) is 9.06. The highest BCUT2D eigenvalue weighted by molar-refractivity contribution is 6.30. The van der Waals surface area contributed by atoms with Gasteiger partial charge in [-0.25, -0.2) is 4.79 Å². The van der Waals surface area contributed by atoms with Gasteiger partial charge < -0.3 is 10.8 Å². The van der Waals surface area contributed by atoms with Gasteiger partial charge in [0.25, 0.3) is 0 Å². The molecule has 2 aromatic carbocycles. The van der Waals surface area contributed by atoms with Gasteiger partial charge in [-0.1, -0.05) is 29.8 Å². The minimum Gasteiger partial charge on any atom is -0.478 e. The normalized spacial score (nSPS) is 10.4. The van der Waals surface area contributed by atoms with Crippen LogP contribution < -0.4 is 5.73 Å². The fourth-order valence-electron chi connectivity index (χ4n) is 1.90. The maximum Gasteiger partial charge on any atom is 0.337 e. The standard InChI is InChI=1S/C15H14ClNO2/c16-12-6-3-10(4-7-12)1-2-11-5-8-13(15(18)19)14(17)9-11/h3-9H,1-2,17H2,(H,18,19). The lowest BCUT2D eigenvalue weighted by Crippen LogP contribution is -2.03. The molecule has 0 aliphatic carbocycles. The summed E-state index contributed by atoms with van der Waals surface area (Å²) in [7, 11) is 0.